The average Bonchev–Trinajstić information content (AvgIpc) is 3.46. The lowest BCUT2D eigenvalue weighted by molar-refractivity contribution is -0.0535. The van der Waals surface area contributed by atoms with E-state index in [1.807, 2.05) is 60.7 Å². The zero-order valence-electron chi connectivity index (χ0n) is 19.7. The van der Waals surface area contributed by atoms with Crippen LogP contribution in [0, 0.1) is 0 Å². The fourth-order valence-corrected chi connectivity index (χ4v) is 4.15. The monoisotopic (exact) mass is 494 g/mol. The molecule has 2 heterocycles. The Labute approximate surface area is 208 Å². The number of aromatic nitrogens is 2. The Bertz CT molecular complexity index is 1150. The normalized spacial score (nSPS) is 21.3. The van der Waals surface area contributed by atoms with E-state index in [1.165, 1.54) is 10.9 Å². The van der Waals surface area contributed by atoms with E-state index in [0.29, 0.717) is 25.9 Å². The summed E-state index contributed by atoms with van der Waals surface area (Å²) in [6.07, 6.45) is -2.64. The number of amides is 2. The molecule has 190 valence electrons. The van der Waals surface area contributed by atoms with E-state index in [4.69, 9.17) is 4.74 Å². The molecule has 1 aliphatic heterocycles. The lowest BCUT2D eigenvalue weighted by Crippen LogP contribution is -2.36. The predicted molar refractivity (Wildman–Crippen MR) is 130 cm³/mol. The van der Waals surface area contributed by atoms with Crippen molar-refractivity contribution in [3.8, 4) is 0 Å². The molecule has 2 aromatic carbocycles. The van der Waals surface area contributed by atoms with Crippen LogP contribution in [0.5, 0.6) is 0 Å². The molecule has 0 saturated carbocycles. The van der Waals surface area contributed by atoms with Crippen LogP contribution in [0.3, 0.4) is 0 Å². The van der Waals surface area contributed by atoms with Gasteiger partial charge in [-0.3, -0.25) is 14.2 Å². The van der Waals surface area contributed by atoms with Crippen LogP contribution in [-0.2, 0) is 17.6 Å². The number of hydrogen-bond donors (Lipinski definition) is 5. The van der Waals surface area contributed by atoms with Crippen LogP contribution >= 0.6 is 0 Å². The highest BCUT2D eigenvalue weighted by Gasteiger charge is 2.45. The maximum Gasteiger partial charge on any atom is 0.272 e. The Morgan fingerprint density at radius 1 is 0.861 bits per heavy atom. The van der Waals surface area contributed by atoms with Crippen LogP contribution in [0.25, 0.3) is 0 Å². The van der Waals surface area contributed by atoms with E-state index in [-0.39, 0.29) is 11.4 Å². The molecule has 1 aromatic heterocycles. The first-order chi connectivity index (χ1) is 17.5. The van der Waals surface area contributed by atoms with Crippen molar-refractivity contribution in [3.05, 3.63) is 89.5 Å². The Balaban J connectivity index is 1.51. The number of nitrogens with one attached hydrogen (secondary N) is 2. The van der Waals surface area contributed by atoms with Crippen molar-refractivity contribution in [2.45, 2.75) is 37.4 Å². The van der Waals surface area contributed by atoms with Crippen molar-refractivity contribution < 1.29 is 29.6 Å². The number of benzene rings is 2. The molecule has 0 spiro atoms. The van der Waals surface area contributed by atoms with E-state index in [0.717, 1.165) is 11.1 Å². The van der Waals surface area contributed by atoms with E-state index >= 15 is 0 Å². The fraction of sp³-hybridized carbons (Fsp3) is 0.346. The van der Waals surface area contributed by atoms with Gasteiger partial charge in [-0.15, -0.1) is 0 Å². The third kappa shape index (κ3) is 5.80. The quantitative estimate of drug-likeness (QED) is 0.275. The summed E-state index contributed by atoms with van der Waals surface area (Å²) in [4.78, 5) is 30.4. The average molecular weight is 495 g/mol. The standard InChI is InChI=1S/C26H30N4O6/c31-15-19-22(32)23(33)26(36-19)30-16-29-20(24(34)27-13-11-17-7-3-1-4-8-17)21(30)25(35)28-14-12-18-9-5-2-6-10-18/h1-10,16,19,22-23,26,31-33H,11-15H2,(H,27,34)(H,28,35)/t19-,22-,23-,26-/m1/s1. The van der Waals surface area contributed by atoms with E-state index in [2.05, 4.69) is 15.6 Å². The molecule has 0 unspecified atom stereocenters. The number of ether oxygens (including phenoxy) is 1. The molecular formula is C26H30N4O6. The predicted octanol–water partition coefficient (Wildman–Crippen LogP) is 0.440. The topological polar surface area (TPSA) is 146 Å². The minimum Gasteiger partial charge on any atom is -0.394 e. The second kappa shape index (κ2) is 11.9. The van der Waals surface area contributed by atoms with Crippen molar-refractivity contribution in [3.63, 3.8) is 0 Å². The number of imidazole rings is 1. The minimum absolute atomic E-state index is 0.102. The number of carbonyl (C=O) groups is 2. The van der Waals surface area contributed by atoms with Crippen LogP contribution in [0.1, 0.15) is 38.3 Å². The molecular weight excluding hydrogens is 464 g/mol. The van der Waals surface area contributed by atoms with Crippen LogP contribution < -0.4 is 10.6 Å². The maximum atomic E-state index is 13.2. The summed E-state index contributed by atoms with van der Waals surface area (Å²) in [5.74, 6) is -1.13. The zero-order valence-corrected chi connectivity index (χ0v) is 19.7. The lowest BCUT2D eigenvalue weighted by Gasteiger charge is -2.19. The van der Waals surface area contributed by atoms with Crippen molar-refractivity contribution in [2.24, 2.45) is 0 Å². The summed E-state index contributed by atoms with van der Waals surface area (Å²) in [7, 11) is 0. The van der Waals surface area contributed by atoms with Crippen LogP contribution in [0.4, 0.5) is 0 Å². The minimum atomic E-state index is -1.43. The maximum absolute atomic E-state index is 13.2. The summed E-state index contributed by atoms with van der Waals surface area (Å²) in [6, 6.07) is 19.3. The molecule has 2 amide bonds. The first-order valence-corrected chi connectivity index (χ1v) is 11.8. The van der Waals surface area contributed by atoms with Crippen molar-refractivity contribution in [1.29, 1.82) is 0 Å². The number of hydrogen-bond acceptors (Lipinski definition) is 7. The van der Waals surface area contributed by atoms with Crippen molar-refractivity contribution >= 4 is 11.8 Å². The number of aliphatic hydroxyl groups excluding tert-OH is 3. The van der Waals surface area contributed by atoms with Crippen molar-refractivity contribution in [2.75, 3.05) is 19.7 Å². The van der Waals surface area contributed by atoms with Crippen LogP contribution in [-0.4, -0.2) is 74.7 Å². The summed E-state index contributed by atoms with van der Waals surface area (Å²) >= 11 is 0. The molecule has 3 aromatic rings. The van der Waals surface area contributed by atoms with Gasteiger partial charge in [0.05, 0.1) is 12.9 Å². The molecule has 5 N–H and O–H groups in total. The van der Waals surface area contributed by atoms with Crippen molar-refractivity contribution in [1.82, 2.24) is 20.2 Å². The van der Waals surface area contributed by atoms with Gasteiger partial charge in [-0.1, -0.05) is 60.7 Å². The molecule has 10 nitrogen and oxygen atoms in total. The fourth-order valence-electron chi connectivity index (χ4n) is 4.15. The summed E-state index contributed by atoms with van der Waals surface area (Å²) in [5, 5.41) is 35.7. The highest BCUT2D eigenvalue weighted by atomic mass is 16.6. The molecule has 36 heavy (non-hydrogen) atoms. The van der Waals surface area contributed by atoms with Gasteiger partial charge in [0.25, 0.3) is 11.8 Å². The number of carbonyl (C=O) groups excluding carboxylic acids is 2. The molecule has 0 aliphatic carbocycles. The van der Waals surface area contributed by atoms with E-state index in [1.54, 1.807) is 0 Å². The molecule has 4 atom stereocenters. The molecule has 1 aliphatic rings. The molecule has 1 fully saturated rings. The van der Waals surface area contributed by atoms with Gasteiger partial charge < -0.3 is 30.7 Å². The summed E-state index contributed by atoms with van der Waals surface area (Å²) < 4.78 is 6.81. The van der Waals surface area contributed by atoms with Gasteiger partial charge in [0.15, 0.2) is 11.9 Å². The van der Waals surface area contributed by atoms with Crippen LogP contribution in [0.15, 0.2) is 67.0 Å². The lowest BCUT2D eigenvalue weighted by atomic mass is 10.1. The first-order valence-electron chi connectivity index (χ1n) is 11.8. The zero-order chi connectivity index (χ0) is 25.5. The molecule has 1 saturated heterocycles. The number of aliphatic hydroxyl groups is 3. The summed E-state index contributed by atoms with van der Waals surface area (Å²) in [6.45, 7) is 0.118. The molecule has 4 rings (SSSR count). The molecule has 0 bridgehead atoms. The van der Waals surface area contributed by atoms with Gasteiger partial charge in [-0.05, 0) is 24.0 Å². The number of nitrogens with zero attached hydrogens (tertiary/aromatic N) is 2. The van der Waals surface area contributed by atoms with Gasteiger partial charge in [-0.2, -0.15) is 0 Å². The highest BCUT2D eigenvalue weighted by molar-refractivity contribution is 6.05. The first kappa shape index (κ1) is 25.5. The second-order valence-corrected chi connectivity index (χ2v) is 8.56. The highest BCUT2D eigenvalue weighted by Crippen LogP contribution is 2.31. The van der Waals surface area contributed by atoms with E-state index in [9.17, 15) is 24.9 Å². The van der Waals surface area contributed by atoms with Crippen LogP contribution in [0.2, 0.25) is 0 Å². The third-order valence-electron chi connectivity index (χ3n) is 6.10. The van der Waals surface area contributed by atoms with Gasteiger partial charge in [-0.25, -0.2) is 4.98 Å². The number of rotatable bonds is 10. The Morgan fingerprint density at radius 2 is 1.42 bits per heavy atom. The van der Waals surface area contributed by atoms with Gasteiger partial charge >= 0.3 is 0 Å². The Hall–Kier alpha value is -3.57. The van der Waals surface area contributed by atoms with Gasteiger partial charge in [0, 0.05) is 13.1 Å². The second-order valence-electron chi connectivity index (χ2n) is 8.56. The smallest absolute Gasteiger partial charge is 0.272 e. The molecule has 10 heteroatoms. The Morgan fingerprint density at radius 3 is 1.94 bits per heavy atom. The summed E-state index contributed by atoms with van der Waals surface area (Å²) in [5.41, 5.74) is 1.86. The van der Waals surface area contributed by atoms with Gasteiger partial charge in [0.1, 0.15) is 24.0 Å². The SMILES string of the molecule is O=C(NCCc1ccccc1)c1ncn([C@@H]2O[C@H](CO)[C@@H](O)[C@H]2O)c1C(=O)NCCc1ccccc1. The van der Waals surface area contributed by atoms with E-state index < -0.39 is 43.0 Å². The molecule has 0 radical (unpaired) electrons. The third-order valence-corrected chi connectivity index (χ3v) is 6.10. The van der Waals surface area contributed by atoms with Gasteiger partial charge in [0.2, 0.25) is 0 Å². The largest absolute Gasteiger partial charge is 0.394 e. The Kier molecular flexibility index (Phi) is 8.44.